The van der Waals surface area contributed by atoms with Crippen LogP contribution in [0.15, 0.2) is 12.3 Å². The highest BCUT2D eigenvalue weighted by Crippen LogP contribution is 2.53. The Balaban J connectivity index is 1.23. The molecule has 1 aliphatic carbocycles. The van der Waals surface area contributed by atoms with E-state index in [0.717, 1.165) is 37.8 Å². The van der Waals surface area contributed by atoms with Gasteiger partial charge in [-0.15, -0.1) is 11.3 Å². The lowest BCUT2D eigenvalue weighted by molar-refractivity contribution is 0.107. The van der Waals surface area contributed by atoms with Crippen molar-refractivity contribution >= 4 is 33.8 Å². The number of aryl methyl sites for hydroxylation is 1. The van der Waals surface area contributed by atoms with Crippen LogP contribution in [-0.4, -0.2) is 76.6 Å². The predicted molar refractivity (Wildman–Crippen MR) is 148 cm³/mol. The molecule has 40 heavy (non-hydrogen) atoms. The smallest absolute Gasteiger partial charge is 0.320 e. The number of nitrogens with one attached hydrogen (secondary N) is 1. The van der Waals surface area contributed by atoms with E-state index in [1.807, 2.05) is 0 Å². The molecule has 7 rings (SSSR count). The number of anilines is 4. The predicted octanol–water partition coefficient (Wildman–Crippen LogP) is 3.01. The molecule has 3 saturated heterocycles. The third-order valence-electron chi connectivity index (χ3n) is 9.13. The van der Waals surface area contributed by atoms with Crippen LogP contribution < -0.4 is 20.3 Å². The third kappa shape index (κ3) is 3.64. The Bertz CT molecular complexity index is 1550. The molecule has 0 aromatic carbocycles. The molecule has 0 saturated carbocycles. The molecule has 3 N–H and O–H groups in total. The molecule has 0 unspecified atom stereocenters. The molecule has 1 spiro atoms. The second kappa shape index (κ2) is 9.04. The van der Waals surface area contributed by atoms with Gasteiger partial charge in [-0.2, -0.15) is 25.6 Å². The minimum atomic E-state index is -0.860. The van der Waals surface area contributed by atoms with E-state index < -0.39 is 6.17 Å². The summed E-state index contributed by atoms with van der Waals surface area (Å²) in [5, 5.41) is 27.6. The van der Waals surface area contributed by atoms with Gasteiger partial charge < -0.3 is 20.3 Å². The molecule has 2 atom stereocenters. The minimum absolute atomic E-state index is 0.157. The Labute approximate surface area is 235 Å². The molecule has 11 nitrogen and oxygen atoms in total. The number of aromatic nitrogens is 4. The lowest BCUT2D eigenvalue weighted by Crippen LogP contribution is -2.59. The van der Waals surface area contributed by atoms with Crippen LogP contribution in [-0.2, 0) is 11.8 Å². The number of aromatic amines is 1. The van der Waals surface area contributed by atoms with E-state index in [-0.39, 0.29) is 17.0 Å². The molecule has 13 heteroatoms. The van der Waals surface area contributed by atoms with E-state index in [9.17, 15) is 14.9 Å². The zero-order valence-electron chi connectivity index (χ0n) is 22.2. The zero-order valence-corrected chi connectivity index (χ0v) is 23.0. The summed E-state index contributed by atoms with van der Waals surface area (Å²) < 4.78 is 20.6. The number of nitrogen functional groups attached to an aromatic ring is 1. The number of thiophene rings is 1. The van der Waals surface area contributed by atoms with Crippen molar-refractivity contribution in [2.75, 3.05) is 55.4 Å². The molecule has 0 amide bonds. The lowest BCUT2D eigenvalue weighted by atomic mass is 9.74. The van der Waals surface area contributed by atoms with Crippen LogP contribution in [0.1, 0.15) is 47.3 Å². The van der Waals surface area contributed by atoms with Crippen molar-refractivity contribution in [1.29, 1.82) is 10.5 Å². The van der Waals surface area contributed by atoms with E-state index in [0.29, 0.717) is 66.2 Å². The number of nitriles is 2. The van der Waals surface area contributed by atoms with E-state index in [1.165, 1.54) is 16.2 Å². The van der Waals surface area contributed by atoms with Crippen molar-refractivity contribution in [3.8, 4) is 18.1 Å². The van der Waals surface area contributed by atoms with E-state index >= 15 is 0 Å². The first kappa shape index (κ1) is 25.1. The van der Waals surface area contributed by atoms with E-state index in [2.05, 4.69) is 37.1 Å². The van der Waals surface area contributed by atoms with Gasteiger partial charge in [0.15, 0.2) is 11.6 Å². The highest BCUT2D eigenvalue weighted by atomic mass is 32.1. The van der Waals surface area contributed by atoms with Crippen LogP contribution in [0, 0.1) is 22.7 Å². The number of ether oxygens (including phenoxy) is 1. The highest BCUT2D eigenvalue weighted by molar-refractivity contribution is 7.16. The maximum Gasteiger partial charge on any atom is 0.320 e. The molecule has 3 fully saturated rings. The van der Waals surface area contributed by atoms with Crippen molar-refractivity contribution in [2.24, 2.45) is 0 Å². The van der Waals surface area contributed by atoms with Gasteiger partial charge >= 0.3 is 6.01 Å². The zero-order chi connectivity index (χ0) is 27.6. The monoisotopic (exact) mass is 560 g/mol. The number of H-pyrrole nitrogens is 1. The van der Waals surface area contributed by atoms with Crippen LogP contribution in [0.5, 0.6) is 6.01 Å². The highest BCUT2D eigenvalue weighted by Gasteiger charge is 2.53. The normalized spacial score (nSPS) is 24.4. The van der Waals surface area contributed by atoms with Crippen LogP contribution in [0.4, 0.5) is 26.8 Å². The largest absolute Gasteiger partial charge is 0.461 e. The number of nitrogens with zero attached hydrogens (tertiary/aromatic N) is 8. The van der Waals surface area contributed by atoms with Crippen molar-refractivity contribution < 1.29 is 9.13 Å². The summed E-state index contributed by atoms with van der Waals surface area (Å²) in [5.41, 5.74) is 7.61. The van der Waals surface area contributed by atoms with Crippen molar-refractivity contribution in [3.63, 3.8) is 0 Å². The summed E-state index contributed by atoms with van der Waals surface area (Å²) in [6.07, 6.45) is 4.93. The van der Waals surface area contributed by atoms with Crippen LogP contribution in [0.3, 0.4) is 0 Å². The molecule has 3 aliphatic heterocycles. The molecule has 206 valence electrons. The van der Waals surface area contributed by atoms with Gasteiger partial charge in [0.05, 0.1) is 17.3 Å². The van der Waals surface area contributed by atoms with E-state index in [4.69, 9.17) is 15.5 Å². The van der Waals surface area contributed by atoms with Crippen molar-refractivity contribution in [2.45, 2.75) is 49.2 Å². The van der Waals surface area contributed by atoms with Gasteiger partial charge in [0.2, 0.25) is 0 Å². The Kier molecular flexibility index (Phi) is 5.67. The van der Waals surface area contributed by atoms with Gasteiger partial charge in [-0.25, -0.2) is 4.39 Å². The van der Waals surface area contributed by atoms with Crippen LogP contribution in [0.2, 0.25) is 0 Å². The molecular weight excluding hydrogens is 531 g/mol. The maximum atomic E-state index is 14.4. The summed E-state index contributed by atoms with van der Waals surface area (Å²) in [6, 6.07) is 6.58. The summed E-state index contributed by atoms with van der Waals surface area (Å²) in [6.45, 7) is 2.83. The molecule has 0 radical (unpaired) electrons. The minimum Gasteiger partial charge on any atom is -0.461 e. The fraction of sp³-hybridized carbons (Fsp3) is 0.519. The van der Waals surface area contributed by atoms with Gasteiger partial charge in [-0.05, 0) is 37.8 Å². The van der Waals surface area contributed by atoms with Gasteiger partial charge in [-0.3, -0.25) is 10.00 Å². The summed E-state index contributed by atoms with van der Waals surface area (Å²) in [5.74, 6) is 1.55. The third-order valence-corrected chi connectivity index (χ3v) is 10.2. The maximum absolute atomic E-state index is 14.4. The topological polar surface area (TPSA) is 147 Å². The van der Waals surface area contributed by atoms with Crippen LogP contribution in [0.25, 0.3) is 0 Å². The summed E-state index contributed by atoms with van der Waals surface area (Å²) in [4.78, 5) is 16.6. The van der Waals surface area contributed by atoms with Gasteiger partial charge in [0.25, 0.3) is 0 Å². The van der Waals surface area contributed by atoms with Gasteiger partial charge in [-0.1, -0.05) is 0 Å². The number of fused-ring (bicyclic) bond motifs is 3. The Morgan fingerprint density at radius 3 is 2.85 bits per heavy atom. The van der Waals surface area contributed by atoms with Gasteiger partial charge in [0.1, 0.15) is 41.3 Å². The SMILES string of the molecule is CN(c1ccn[nH]1)c1nc(OC[C@@]23CCCN2C[C@H](F)C3)nc(N2CC3(CCc4sc(N)c(C#N)c43)C2)c1C#N. The second-order valence-electron chi connectivity index (χ2n) is 11.4. The van der Waals surface area contributed by atoms with Crippen LogP contribution >= 0.6 is 11.3 Å². The summed E-state index contributed by atoms with van der Waals surface area (Å²) in [7, 11) is 1.81. The molecule has 3 aromatic rings. The first-order valence-electron chi connectivity index (χ1n) is 13.5. The first-order chi connectivity index (χ1) is 19.4. The van der Waals surface area contributed by atoms with E-state index in [1.54, 1.807) is 24.2 Å². The van der Waals surface area contributed by atoms with Crippen molar-refractivity contribution in [1.82, 2.24) is 25.1 Å². The standard InChI is InChI=1S/C27H29FN10OS/c1-36(20-4-7-32-35-20)23-18(11-30)24(34-25(33-23)39-15-27-5-2-8-38(27)12-16(28)9-27)37-13-26(14-37)6-3-19-21(26)17(10-29)22(31)40-19/h4,7,16H,2-3,5-6,8-9,12-15,31H2,1H3,(H,32,35)/t16-,27+/m1/s1. The number of halogens is 1. The number of hydrogen-bond donors (Lipinski definition) is 2. The number of alkyl halides is 1. The quantitative estimate of drug-likeness (QED) is 0.461. The molecule has 0 bridgehead atoms. The number of nitrogens with two attached hydrogens (primary N) is 1. The first-order valence-corrected chi connectivity index (χ1v) is 14.3. The molecule has 3 aromatic heterocycles. The Morgan fingerprint density at radius 2 is 2.10 bits per heavy atom. The average molecular weight is 561 g/mol. The molecular formula is C27H29FN10OS. The van der Waals surface area contributed by atoms with Gasteiger partial charge in [0, 0.05) is 49.5 Å². The fourth-order valence-corrected chi connectivity index (χ4v) is 8.36. The number of rotatable bonds is 6. The second-order valence-corrected chi connectivity index (χ2v) is 12.5. The van der Waals surface area contributed by atoms with Crippen molar-refractivity contribution in [3.05, 3.63) is 33.8 Å². The molecule has 6 heterocycles. The Morgan fingerprint density at radius 1 is 1.27 bits per heavy atom. The molecule has 4 aliphatic rings. The lowest BCUT2D eigenvalue weighted by Gasteiger charge is -2.49. The number of hydrogen-bond acceptors (Lipinski definition) is 11. The summed E-state index contributed by atoms with van der Waals surface area (Å²) >= 11 is 1.51. The Hall–Kier alpha value is -3.94. The average Bonchev–Trinajstić information content (AvgIpc) is 3.73. The fourth-order valence-electron chi connectivity index (χ4n) is 7.22.